The number of rotatable bonds is 8. The van der Waals surface area contributed by atoms with Gasteiger partial charge in [0, 0.05) is 6.54 Å². The Bertz CT molecular complexity index is 773. The molecule has 2 aromatic rings. The topological polar surface area (TPSA) is 84.5 Å². The van der Waals surface area contributed by atoms with E-state index >= 15 is 0 Å². The van der Waals surface area contributed by atoms with Gasteiger partial charge in [-0.05, 0) is 30.2 Å². The number of carbonyl (C=O) groups is 3. The van der Waals surface area contributed by atoms with Crippen LogP contribution in [0.25, 0.3) is 10.8 Å². The van der Waals surface area contributed by atoms with Crippen molar-refractivity contribution in [1.29, 1.82) is 0 Å². The lowest BCUT2D eigenvalue weighted by Crippen LogP contribution is -2.46. The van der Waals surface area contributed by atoms with Crippen molar-refractivity contribution < 1.29 is 19.1 Å². The van der Waals surface area contributed by atoms with Crippen molar-refractivity contribution in [3.05, 3.63) is 42.0 Å². The summed E-state index contributed by atoms with van der Waals surface area (Å²) in [5.74, 6) is -0.328. The molecule has 6 nitrogen and oxygen atoms in total. The van der Waals surface area contributed by atoms with Gasteiger partial charge >= 0.3 is 0 Å². The van der Waals surface area contributed by atoms with Gasteiger partial charge in [0.2, 0.25) is 5.91 Å². The third kappa shape index (κ3) is 4.79. The molecule has 0 aliphatic carbocycles. The zero-order valence-corrected chi connectivity index (χ0v) is 14.4. The summed E-state index contributed by atoms with van der Waals surface area (Å²) < 4.78 is 5.48. The monoisotopic (exact) mass is 342 g/mol. The first-order valence-corrected chi connectivity index (χ1v) is 8.23. The van der Waals surface area contributed by atoms with Crippen LogP contribution in [0.2, 0.25) is 0 Å². The summed E-state index contributed by atoms with van der Waals surface area (Å²) in [5.41, 5.74) is 0.402. The Morgan fingerprint density at radius 1 is 1.20 bits per heavy atom. The molecule has 0 spiro atoms. The average Bonchev–Trinajstić information content (AvgIpc) is 2.63. The summed E-state index contributed by atoms with van der Waals surface area (Å²) >= 11 is 0. The summed E-state index contributed by atoms with van der Waals surface area (Å²) in [4.78, 5) is 35.1. The van der Waals surface area contributed by atoms with E-state index in [1.54, 1.807) is 13.0 Å². The lowest BCUT2D eigenvalue weighted by molar-refractivity contribution is -0.129. The third-order valence-electron chi connectivity index (χ3n) is 3.73. The molecular formula is C19H22N2O4. The molecule has 0 fully saturated rings. The van der Waals surface area contributed by atoms with Crippen molar-refractivity contribution in [1.82, 2.24) is 10.6 Å². The van der Waals surface area contributed by atoms with Crippen LogP contribution >= 0.6 is 0 Å². The van der Waals surface area contributed by atoms with Crippen molar-refractivity contribution in [3.63, 3.8) is 0 Å². The third-order valence-corrected chi connectivity index (χ3v) is 3.73. The standard InChI is InChI=1S/C19H22N2O4/c1-3-10-20-19(24)13(2)21-18(23)12-25-17-9-8-14-6-4-5-7-15(14)16(17)11-22/h4-9,11,13H,3,10,12H2,1-2H3,(H,20,24)(H,21,23)/t13-/m1/s1. The quantitative estimate of drug-likeness (QED) is 0.719. The van der Waals surface area contributed by atoms with Crippen LogP contribution < -0.4 is 15.4 Å². The molecule has 0 saturated heterocycles. The van der Waals surface area contributed by atoms with Crippen LogP contribution in [0.3, 0.4) is 0 Å². The molecule has 2 rings (SSSR count). The Hall–Kier alpha value is -2.89. The Balaban J connectivity index is 1.99. The number of carbonyl (C=O) groups excluding carboxylic acids is 3. The maximum Gasteiger partial charge on any atom is 0.258 e. The lowest BCUT2D eigenvalue weighted by atomic mass is 10.0. The van der Waals surface area contributed by atoms with Crippen molar-refractivity contribution in [2.24, 2.45) is 0 Å². The molecule has 0 aliphatic rings. The highest BCUT2D eigenvalue weighted by molar-refractivity contribution is 6.00. The molecule has 25 heavy (non-hydrogen) atoms. The Morgan fingerprint density at radius 3 is 2.68 bits per heavy atom. The molecule has 0 saturated carbocycles. The van der Waals surface area contributed by atoms with Gasteiger partial charge in [0.25, 0.3) is 5.91 Å². The van der Waals surface area contributed by atoms with E-state index in [0.29, 0.717) is 17.9 Å². The smallest absolute Gasteiger partial charge is 0.258 e. The molecule has 0 aromatic heterocycles. The van der Waals surface area contributed by atoms with Crippen LogP contribution in [-0.4, -0.2) is 37.3 Å². The molecule has 2 aromatic carbocycles. The zero-order chi connectivity index (χ0) is 18.2. The number of hydrogen-bond acceptors (Lipinski definition) is 4. The molecule has 132 valence electrons. The first kappa shape index (κ1) is 18.4. The number of nitrogens with one attached hydrogen (secondary N) is 2. The van der Waals surface area contributed by atoms with Gasteiger partial charge in [-0.1, -0.05) is 37.3 Å². The maximum atomic E-state index is 12.0. The molecule has 2 N–H and O–H groups in total. The molecule has 0 unspecified atom stereocenters. The Labute approximate surface area is 146 Å². The second-order valence-electron chi connectivity index (χ2n) is 5.69. The van der Waals surface area contributed by atoms with Crippen LogP contribution in [0.5, 0.6) is 5.75 Å². The van der Waals surface area contributed by atoms with Gasteiger partial charge in [0.1, 0.15) is 11.8 Å². The van der Waals surface area contributed by atoms with Crippen LogP contribution in [0.1, 0.15) is 30.6 Å². The molecule has 0 radical (unpaired) electrons. The molecule has 1 atom stereocenters. The zero-order valence-electron chi connectivity index (χ0n) is 14.4. The second kappa shape index (κ2) is 8.82. The summed E-state index contributed by atoms with van der Waals surface area (Å²) in [6, 6.07) is 10.3. The van der Waals surface area contributed by atoms with Gasteiger partial charge in [-0.25, -0.2) is 0 Å². The van der Waals surface area contributed by atoms with Crippen LogP contribution in [-0.2, 0) is 9.59 Å². The summed E-state index contributed by atoms with van der Waals surface area (Å²) in [7, 11) is 0. The molecular weight excluding hydrogens is 320 g/mol. The lowest BCUT2D eigenvalue weighted by Gasteiger charge is -2.15. The summed E-state index contributed by atoms with van der Waals surface area (Å²) in [6.07, 6.45) is 1.54. The van der Waals surface area contributed by atoms with E-state index < -0.39 is 11.9 Å². The maximum absolute atomic E-state index is 12.0. The minimum absolute atomic E-state index is 0.241. The predicted molar refractivity (Wildman–Crippen MR) is 95.7 cm³/mol. The fourth-order valence-electron chi connectivity index (χ4n) is 2.42. The van der Waals surface area contributed by atoms with E-state index in [4.69, 9.17) is 4.74 Å². The SMILES string of the molecule is CCCNC(=O)[C@@H](C)NC(=O)COc1ccc2ccccc2c1C=O. The van der Waals surface area contributed by atoms with E-state index in [1.807, 2.05) is 37.3 Å². The molecule has 6 heteroatoms. The van der Waals surface area contributed by atoms with Gasteiger partial charge in [0.05, 0.1) is 5.56 Å². The summed E-state index contributed by atoms with van der Waals surface area (Å²) in [6.45, 7) is 3.85. The van der Waals surface area contributed by atoms with E-state index in [2.05, 4.69) is 10.6 Å². The van der Waals surface area contributed by atoms with Crippen molar-refractivity contribution in [2.45, 2.75) is 26.3 Å². The van der Waals surface area contributed by atoms with Gasteiger partial charge in [-0.15, -0.1) is 0 Å². The molecule has 0 heterocycles. The van der Waals surface area contributed by atoms with Crippen LogP contribution in [0, 0.1) is 0 Å². The number of fused-ring (bicyclic) bond motifs is 1. The van der Waals surface area contributed by atoms with Gasteiger partial charge < -0.3 is 15.4 Å². The second-order valence-corrected chi connectivity index (χ2v) is 5.69. The highest BCUT2D eigenvalue weighted by Gasteiger charge is 2.16. The van der Waals surface area contributed by atoms with E-state index in [9.17, 15) is 14.4 Å². The van der Waals surface area contributed by atoms with Crippen molar-refractivity contribution in [2.75, 3.05) is 13.2 Å². The Morgan fingerprint density at radius 2 is 1.96 bits per heavy atom. The largest absolute Gasteiger partial charge is 0.483 e. The van der Waals surface area contributed by atoms with Crippen molar-refractivity contribution >= 4 is 28.9 Å². The Kier molecular flexibility index (Phi) is 6.51. The first-order valence-electron chi connectivity index (χ1n) is 8.23. The number of amides is 2. The normalized spacial score (nSPS) is 11.6. The number of ether oxygens (including phenoxy) is 1. The fraction of sp³-hybridized carbons (Fsp3) is 0.316. The highest BCUT2D eigenvalue weighted by Crippen LogP contribution is 2.26. The molecule has 0 bridgehead atoms. The predicted octanol–water partition coefficient (Wildman–Crippen LogP) is 2.06. The van der Waals surface area contributed by atoms with Gasteiger partial charge in [-0.3, -0.25) is 14.4 Å². The number of benzene rings is 2. The minimum atomic E-state index is -0.648. The molecule has 2 amide bonds. The van der Waals surface area contributed by atoms with E-state index in [0.717, 1.165) is 23.5 Å². The van der Waals surface area contributed by atoms with E-state index in [1.165, 1.54) is 0 Å². The van der Waals surface area contributed by atoms with Crippen LogP contribution in [0.4, 0.5) is 0 Å². The van der Waals surface area contributed by atoms with E-state index in [-0.39, 0.29) is 12.5 Å². The van der Waals surface area contributed by atoms with Crippen LogP contribution in [0.15, 0.2) is 36.4 Å². The first-order chi connectivity index (χ1) is 12.1. The van der Waals surface area contributed by atoms with Crippen molar-refractivity contribution in [3.8, 4) is 5.75 Å². The highest BCUT2D eigenvalue weighted by atomic mass is 16.5. The fourth-order valence-corrected chi connectivity index (χ4v) is 2.42. The van der Waals surface area contributed by atoms with Gasteiger partial charge in [-0.2, -0.15) is 0 Å². The molecule has 0 aliphatic heterocycles. The number of aldehydes is 1. The average molecular weight is 342 g/mol. The summed E-state index contributed by atoms with van der Waals surface area (Å²) in [5, 5.41) is 6.96. The minimum Gasteiger partial charge on any atom is -0.483 e. The van der Waals surface area contributed by atoms with Gasteiger partial charge in [0.15, 0.2) is 12.9 Å². The number of hydrogen-bond donors (Lipinski definition) is 2.